The quantitative estimate of drug-likeness (QED) is 0.565. The molecular weight excluding hydrogens is 241 g/mol. The molecule has 0 bridgehead atoms. The zero-order valence-electron chi connectivity index (χ0n) is 11.0. The van der Waals surface area contributed by atoms with Gasteiger partial charge in [-0.1, -0.05) is 13.8 Å². The average molecular weight is 261 g/mol. The molecule has 1 aliphatic heterocycles. The molecule has 5 nitrogen and oxygen atoms in total. The molecule has 0 aromatic carbocycles. The molecule has 1 aliphatic rings. The second-order valence-corrected chi connectivity index (χ2v) is 7.44. The van der Waals surface area contributed by atoms with E-state index in [4.69, 9.17) is 9.05 Å². The lowest BCUT2D eigenvalue weighted by molar-refractivity contribution is -0.123. The fourth-order valence-corrected chi connectivity index (χ4v) is 2.98. The highest BCUT2D eigenvalue weighted by molar-refractivity contribution is 7.58. The van der Waals surface area contributed by atoms with Gasteiger partial charge in [-0.2, -0.15) is 0 Å². The van der Waals surface area contributed by atoms with Crippen LogP contribution in [-0.2, 0) is 18.4 Å². The second kappa shape index (κ2) is 4.92. The molecule has 1 fully saturated rings. The third-order valence-electron chi connectivity index (χ3n) is 2.46. The van der Waals surface area contributed by atoms with Crippen LogP contribution in [0.15, 0.2) is 11.4 Å². The first-order valence-electron chi connectivity index (χ1n) is 5.46. The molecule has 6 heteroatoms. The molecule has 0 N–H and O–H groups in total. The number of carbonyl (C=O) groups is 1. The molecule has 0 saturated carbocycles. The lowest BCUT2D eigenvalue weighted by Crippen LogP contribution is -2.29. The summed E-state index contributed by atoms with van der Waals surface area (Å²) in [6.45, 7) is 6.28. The number of amides is 1. The Labute approximate surface area is 102 Å². The normalized spacial score (nSPS) is 23.2. The van der Waals surface area contributed by atoms with E-state index in [-0.39, 0.29) is 11.3 Å². The van der Waals surface area contributed by atoms with Crippen LogP contribution in [0.1, 0.15) is 20.8 Å². The maximum absolute atomic E-state index is 12.3. The van der Waals surface area contributed by atoms with E-state index < -0.39 is 7.60 Å². The van der Waals surface area contributed by atoms with Crippen LogP contribution in [-0.4, -0.2) is 38.1 Å². The summed E-state index contributed by atoms with van der Waals surface area (Å²) in [7, 11) is 0.000962. The highest BCUT2D eigenvalue weighted by Gasteiger charge is 2.38. The summed E-state index contributed by atoms with van der Waals surface area (Å²) in [5.41, 5.74) is -0.139. The summed E-state index contributed by atoms with van der Waals surface area (Å²) < 4.78 is 22.9. The van der Waals surface area contributed by atoms with Gasteiger partial charge in [-0.25, -0.2) is 0 Å². The minimum absolute atomic E-state index is 0.139. The third kappa shape index (κ3) is 3.66. The van der Waals surface area contributed by atoms with Crippen LogP contribution in [0.25, 0.3) is 0 Å². The number of nitrogens with zero attached hydrogens (tertiary/aromatic N) is 1. The Morgan fingerprint density at radius 1 is 1.29 bits per heavy atom. The van der Waals surface area contributed by atoms with Gasteiger partial charge in [0.2, 0.25) is 5.91 Å². The van der Waals surface area contributed by atoms with Crippen LogP contribution < -0.4 is 0 Å². The number of rotatable bonds is 2. The zero-order chi connectivity index (χ0) is 13.3. The SMILES string of the molecule is C/C(=C\C(=O)N(C)C)P1(=O)OCC(C)(C)CO1. The summed E-state index contributed by atoms with van der Waals surface area (Å²) in [5, 5.41) is 0.353. The van der Waals surface area contributed by atoms with Crippen molar-refractivity contribution < 1.29 is 18.4 Å². The van der Waals surface area contributed by atoms with Gasteiger partial charge in [-0.3, -0.25) is 9.36 Å². The summed E-state index contributed by atoms with van der Waals surface area (Å²) >= 11 is 0. The van der Waals surface area contributed by atoms with E-state index in [9.17, 15) is 9.36 Å². The van der Waals surface area contributed by atoms with Crippen molar-refractivity contribution >= 4 is 13.5 Å². The summed E-state index contributed by atoms with van der Waals surface area (Å²) in [4.78, 5) is 12.9. The fraction of sp³-hybridized carbons (Fsp3) is 0.727. The highest BCUT2D eigenvalue weighted by atomic mass is 31.2. The Balaban J connectivity index is 2.80. The van der Waals surface area contributed by atoms with Crippen molar-refractivity contribution in [2.75, 3.05) is 27.3 Å². The van der Waals surface area contributed by atoms with Crippen LogP contribution in [0.2, 0.25) is 0 Å². The van der Waals surface area contributed by atoms with Gasteiger partial charge in [0, 0.05) is 30.9 Å². The summed E-state index contributed by atoms with van der Waals surface area (Å²) in [6.07, 6.45) is 1.30. The largest absolute Gasteiger partial charge is 0.357 e. The number of hydrogen-bond donors (Lipinski definition) is 0. The number of carbonyl (C=O) groups excluding carboxylic acids is 1. The lowest BCUT2D eigenvalue weighted by Gasteiger charge is -2.34. The molecule has 0 unspecified atom stereocenters. The van der Waals surface area contributed by atoms with Crippen molar-refractivity contribution in [1.82, 2.24) is 4.90 Å². The van der Waals surface area contributed by atoms with Gasteiger partial charge in [0.15, 0.2) is 0 Å². The molecule has 0 radical (unpaired) electrons. The van der Waals surface area contributed by atoms with E-state index in [2.05, 4.69) is 0 Å². The molecule has 0 spiro atoms. The Hall–Kier alpha value is -0.640. The third-order valence-corrected chi connectivity index (χ3v) is 4.39. The first-order chi connectivity index (χ1) is 7.66. The van der Waals surface area contributed by atoms with Crippen molar-refractivity contribution in [2.45, 2.75) is 20.8 Å². The molecule has 0 aromatic rings. The fourth-order valence-electron chi connectivity index (χ4n) is 1.19. The molecule has 0 atom stereocenters. The minimum atomic E-state index is -3.26. The van der Waals surface area contributed by atoms with E-state index in [0.29, 0.717) is 18.5 Å². The van der Waals surface area contributed by atoms with Crippen molar-refractivity contribution in [3.05, 3.63) is 11.4 Å². The predicted octanol–water partition coefficient (Wildman–Crippen LogP) is 2.24. The van der Waals surface area contributed by atoms with Crippen LogP contribution >= 0.6 is 7.60 Å². The summed E-state index contributed by atoms with van der Waals surface area (Å²) in [6, 6.07) is 0. The van der Waals surface area contributed by atoms with Crippen LogP contribution in [0.5, 0.6) is 0 Å². The first kappa shape index (κ1) is 14.4. The molecule has 0 aromatic heterocycles. The van der Waals surface area contributed by atoms with Gasteiger partial charge in [0.05, 0.1) is 13.2 Å². The monoisotopic (exact) mass is 261 g/mol. The predicted molar refractivity (Wildman–Crippen MR) is 65.7 cm³/mol. The number of hydrogen-bond acceptors (Lipinski definition) is 4. The maximum Gasteiger partial charge on any atom is 0.357 e. The van der Waals surface area contributed by atoms with Gasteiger partial charge in [0.25, 0.3) is 0 Å². The van der Waals surface area contributed by atoms with Crippen molar-refractivity contribution in [3.8, 4) is 0 Å². The van der Waals surface area contributed by atoms with Gasteiger partial charge in [0.1, 0.15) is 0 Å². The Bertz CT molecular complexity index is 373. The van der Waals surface area contributed by atoms with E-state index in [1.165, 1.54) is 11.0 Å². The van der Waals surface area contributed by atoms with Gasteiger partial charge in [-0.05, 0) is 6.92 Å². The van der Waals surface area contributed by atoms with E-state index in [1.54, 1.807) is 21.0 Å². The van der Waals surface area contributed by atoms with Gasteiger partial charge >= 0.3 is 7.60 Å². The average Bonchev–Trinajstić information content (AvgIpc) is 2.22. The molecule has 98 valence electrons. The Morgan fingerprint density at radius 2 is 1.76 bits per heavy atom. The van der Waals surface area contributed by atoms with Crippen LogP contribution in [0.4, 0.5) is 0 Å². The molecule has 0 aliphatic carbocycles. The van der Waals surface area contributed by atoms with Crippen molar-refractivity contribution in [2.24, 2.45) is 5.41 Å². The van der Waals surface area contributed by atoms with Crippen molar-refractivity contribution in [3.63, 3.8) is 0 Å². The lowest BCUT2D eigenvalue weighted by atomic mass is 9.97. The molecular formula is C11H20NO4P. The maximum atomic E-state index is 12.3. The Morgan fingerprint density at radius 3 is 2.18 bits per heavy atom. The summed E-state index contributed by atoms with van der Waals surface area (Å²) in [5.74, 6) is -0.227. The smallest absolute Gasteiger partial charge is 0.345 e. The zero-order valence-corrected chi connectivity index (χ0v) is 11.9. The molecule has 1 heterocycles. The van der Waals surface area contributed by atoms with Gasteiger partial charge in [-0.15, -0.1) is 0 Å². The molecule has 1 rings (SSSR count). The van der Waals surface area contributed by atoms with Crippen LogP contribution in [0, 0.1) is 5.41 Å². The van der Waals surface area contributed by atoms with Crippen LogP contribution in [0.3, 0.4) is 0 Å². The van der Waals surface area contributed by atoms with Gasteiger partial charge < -0.3 is 13.9 Å². The highest BCUT2D eigenvalue weighted by Crippen LogP contribution is 2.59. The first-order valence-corrected chi connectivity index (χ1v) is 7.00. The van der Waals surface area contributed by atoms with E-state index >= 15 is 0 Å². The minimum Gasteiger partial charge on any atom is -0.345 e. The number of likely N-dealkylation sites (N-methyl/N-ethyl adjacent to an activating group) is 1. The second-order valence-electron chi connectivity index (χ2n) is 5.23. The topological polar surface area (TPSA) is 55.8 Å². The number of allylic oxidation sites excluding steroid dienone is 1. The van der Waals surface area contributed by atoms with Crippen molar-refractivity contribution in [1.29, 1.82) is 0 Å². The Kier molecular flexibility index (Phi) is 4.18. The van der Waals surface area contributed by atoms with E-state index in [1.807, 2.05) is 13.8 Å². The standard InChI is InChI=1S/C11H20NO4P/c1-9(6-10(13)12(4)5)17(14)15-7-11(2,3)8-16-17/h6H,7-8H2,1-5H3/b9-6+. The molecule has 17 heavy (non-hydrogen) atoms. The molecule has 1 saturated heterocycles. The molecule has 1 amide bonds. The van der Waals surface area contributed by atoms with E-state index in [0.717, 1.165) is 0 Å².